The van der Waals surface area contributed by atoms with E-state index < -0.39 is 11.9 Å². The molecule has 0 fully saturated rings. The summed E-state index contributed by atoms with van der Waals surface area (Å²) in [5, 5.41) is 7.23. The van der Waals surface area contributed by atoms with Crippen molar-refractivity contribution in [3.05, 3.63) is 75.8 Å². The van der Waals surface area contributed by atoms with Crippen LogP contribution in [0.3, 0.4) is 0 Å². The summed E-state index contributed by atoms with van der Waals surface area (Å²) < 4.78 is 6.13. The molecule has 0 aliphatic rings. The van der Waals surface area contributed by atoms with Crippen LogP contribution >= 0.6 is 0 Å². The van der Waals surface area contributed by atoms with E-state index >= 15 is 0 Å². The number of rotatable bonds is 4. The van der Waals surface area contributed by atoms with Gasteiger partial charge >= 0.3 is 5.97 Å². The van der Waals surface area contributed by atoms with Crippen LogP contribution in [0.25, 0.3) is 16.4 Å². The van der Waals surface area contributed by atoms with Crippen molar-refractivity contribution in [2.45, 2.75) is 13.3 Å². The maximum absolute atomic E-state index is 12.7. The Bertz CT molecular complexity index is 1320. The van der Waals surface area contributed by atoms with Crippen molar-refractivity contribution in [1.82, 2.24) is 14.6 Å². The summed E-state index contributed by atoms with van der Waals surface area (Å²) in [6, 6.07) is 12.5. The molecule has 29 heavy (non-hydrogen) atoms. The van der Waals surface area contributed by atoms with Crippen molar-refractivity contribution in [1.29, 1.82) is 0 Å². The molecule has 0 spiro atoms. The van der Waals surface area contributed by atoms with E-state index in [9.17, 15) is 14.4 Å². The van der Waals surface area contributed by atoms with Gasteiger partial charge in [-0.1, -0.05) is 24.3 Å². The minimum absolute atomic E-state index is 0.174. The van der Waals surface area contributed by atoms with Crippen LogP contribution in [0.4, 0.5) is 5.69 Å². The molecule has 0 saturated carbocycles. The van der Waals surface area contributed by atoms with Crippen LogP contribution in [0, 0.1) is 6.92 Å². The Morgan fingerprint density at radius 3 is 2.62 bits per heavy atom. The number of aromatic amines is 1. The van der Waals surface area contributed by atoms with Gasteiger partial charge in [-0.05, 0) is 29.8 Å². The number of methoxy groups -OCH3 is 1. The first kappa shape index (κ1) is 18.4. The monoisotopic (exact) mass is 390 g/mol. The highest BCUT2D eigenvalue weighted by atomic mass is 16.5. The molecule has 1 amide bonds. The van der Waals surface area contributed by atoms with E-state index in [2.05, 4.69) is 15.4 Å². The second-order valence-electron chi connectivity index (χ2n) is 6.60. The zero-order valence-electron chi connectivity index (χ0n) is 15.9. The van der Waals surface area contributed by atoms with E-state index in [1.54, 1.807) is 31.3 Å². The van der Waals surface area contributed by atoms with Gasteiger partial charge in [-0.2, -0.15) is 0 Å². The number of anilines is 1. The molecule has 4 rings (SSSR count). The number of benzene rings is 2. The minimum Gasteiger partial charge on any atom is -0.465 e. The van der Waals surface area contributed by atoms with E-state index in [1.165, 1.54) is 11.6 Å². The zero-order chi connectivity index (χ0) is 20.5. The van der Waals surface area contributed by atoms with Crippen LogP contribution < -0.4 is 10.9 Å². The van der Waals surface area contributed by atoms with E-state index in [0.717, 1.165) is 10.8 Å². The lowest BCUT2D eigenvalue weighted by molar-refractivity contribution is -0.115. The predicted molar refractivity (Wildman–Crippen MR) is 108 cm³/mol. The number of esters is 1. The lowest BCUT2D eigenvalue weighted by Crippen LogP contribution is -2.26. The number of H-pyrrole nitrogens is 1. The van der Waals surface area contributed by atoms with E-state index in [0.29, 0.717) is 17.0 Å². The van der Waals surface area contributed by atoms with Gasteiger partial charge in [-0.3, -0.25) is 14.7 Å². The van der Waals surface area contributed by atoms with Gasteiger partial charge in [0.15, 0.2) is 5.65 Å². The molecule has 0 aliphatic heterocycles. The van der Waals surface area contributed by atoms with Crippen LogP contribution in [0.2, 0.25) is 0 Å². The number of aryl methyl sites for hydroxylation is 1. The van der Waals surface area contributed by atoms with Gasteiger partial charge in [0.2, 0.25) is 5.91 Å². The van der Waals surface area contributed by atoms with Crippen LogP contribution in [-0.2, 0) is 16.0 Å². The number of nitrogens with one attached hydrogen (secondary N) is 2. The van der Waals surface area contributed by atoms with Gasteiger partial charge in [-0.15, -0.1) is 0 Å². The average Bonchev–Trinajstić information content (AvgIpc) is 3.18. The number of amides is 1. The number of ether oxygens (including phenoxy) is 1. The highest BCUT2D eigenvalue weighted by molar-refractivity contribution is 6.06. The molecule has 2 aromatic heterocycles. The second-order valence-corrected chi connectivity index (χ2v) is 6.60. The zero-order valence-corrected chi connectivity index (χ0v) is 15.9. The average molecular weight is 390 g/mol. The Hall–Kier alpha value is -3.94. The highest BCUT2D eigenvalue weighted by Crippen LogP contribution is 2.25. The van der Waals surface area contributed by atoms with Gasteiger partial charge in [0.1, 0.15) is 0 Å². The first-order chi connectivity index (χ1) is 14.0. The van der Waals surface area contributed by atoms with Gasteiger partial charge < -0.3 is 10.1 Å². The van der Waals surface area contributed by atoms with Gasteiger partial charge in [0.05, 0.1) is 24.8 Å². The molecule has 0 bridgehead atoms. The lowest BCUT2D eigenvalue weighted by atomic mass is 10.0. The smallest absolute Gasteiger partial charge is 0.339 e. The fourth-order valence-corrected chi connectivity index (χ4v) is 3.29. The Balaban J connectivity index is 1.69. The number of carbonyl (C=O) groups excluding carboxylic acids is 2. The van der Waals surface area contributed by atoms with Crippen molar-refractivity contribution in [2.75, 3.05) is 12.4 Å². The third kappa shape index (κ3) is 3.36. The summed E-state index contributed by atoms with van der Waals surface area (Å²) in [4.78, 5) is 41.9. The third-order valence-corrected chi connectivity index (χ3v) is 4.75. The molecule has 8 heteroatoms. The van der Waals surface area contributed by atoms with Crippen molar-refractivity contribution < 1.29 is 14.3 Å². The van der Waals surface area contributed by atoms with Gasteiger partial charge in [-0.25, -0.2) is 14.3 Å². The summed E-state index contributed by atoms with van der Waals surface area (Å²) in [5.74, 6) is -0.990. The van der Waals surface area contributed by atoms with Gasteiger partial charge in [0, 0.05) is 23.5 Å². The molecule has 8 nitrogen and oxygen atoms in total. The Morgan fingerprint density at radius 2 is 1.90 bits per heavy atom. The number of nitrogens with zero attached hydrogens (tertiary/aromatic N) is 2. The molecule has 2 aromatic carbocycles. The van der Waals surface area contributed by atoms with Crippen LogP contribution in [0.1, 0.15) is 21.6 Å². The molecule has 0 saturated heterocycles. The maximum Gasteiger partial charge on any atom is 0.339 e. The summed E-state index contributed by atoms with van der Waals surface area (Å²) in [7, 11) is 1.28. The molecular formula is C21H18N4O4. The Morgan fingerprint density at radius 1 is 1.17 bits per heavy atom. The summed E-state index contributed by atoms with van der Waals surface area (Å²) in [6.45, 7) is 1.69. The first-order valence-corrected chi connectivity index (χ1v) is 8.94. The molecular weight excluding hydrogens is 372 g/mol. The predicted octanol–water partition coefficient (Wildman–Crippen LogP) is 2.45. The van der Waals surface area contributed by atoms with E-state index in [4.69, 9.17) is 4.74 Å². The van der Waals surface area contributed by atoms with Crippen LogP contribution in [-0.4, -0.2) is 33.6 Å². The third-order valence-electron chi connectivity index (χ3n) is 4.75. The maximum atomic E-state index is 12.7. The summed E-state index contributed by atoms with van der Waals surface area (Å²) in [5.41, 5.74) is 1.48. The van der Waals surface area contributed by atoms with E-state index in [1.807, 2.05) is 24.3 Å². The van der Waals surface area contributed by atoms with Crippen molar-refractivity contribution >= 4 is 34.0 Å². The van der Waals surface area contributed by atoms with Crippen molar-refractivity contribution in [3.63, 3.8) is 0 Å². The quantitative estimate of drug-likeness (QED) is 0.521. The van der Waals surface area contributed by atoms with E-state index in [-0.39, 0.29) is 23.1 Å². The molecule has 0 atom stereocenters. The molecule has 0 aliphatic carbocycles. The summed E-state index contributed by atoms with van der Waals surface area (Å²) >= 11 is 0. The second kappa shape index (κ2) is 7.23. The standard InChI is InChI=1S/C21H18N4O4/c1-12-15(20(27)25-18(23-12)7-8-22-25)11-19(26)24-17-10-14-6-4-3-5-13(14)9-16(17)21(28)29-2/h3-10,22H,11H2,1-2H3,(H,24,26). The fourth-order valence-electron chi connectivity index (χ4n) is 3.29. The molecule has 2 N–H and O–H groups in total. The minimum atomic E-state index is -0.559. The first-order valence-electron chi connectivity index (χ1n) is 8.94. The molecule has 2 heterocycles. The normalized spacial score (nSPS) is 11.0. The van der Waals surface area contributed by atoms with Gasteiger partial charge in [0.25, 0.3) is 5.56 Å². The topological polar surface area (TPSA) is 106 Å². The Kier molecular flexibility index (Phi) is 4.59. The number of fused-ring (bicyclic) bond motifs is 2. The highest BCUT2D eigenvalue weighted by Gasteiger charge is 2.18. The fraction of sp³-hybridized carbons (Fsp3) is 0.143. The van der Waals surface area contributed by atoms with Crippen LogP contribution in [0.15, 0.2) is 53.5 Å². The molecule has 0 unspecified atom stereocenters. The SMILES string of the molecule is COC(=O)c1cc2ccccc2cc1NC(=O)Cc1c(C)nc2cc[nH]n2c1=O. The van der Waals surface area contributed by atoms with Crippen molar-refractivity contribution in [3.8, 4) is 0 Å². The largest absolute Gasteiger partial charge is 0.465 e. The number of carbonyl (C=O) groups is 2. The number of hydrogen-bond acceptors (Lipinski definition) is 5. The molecule has 0 radical (unpaired) electrons. The number of hydrogen-bond donors (Lipinski definition) is 2. The number of aromatic nitrogens is 3. The van der Waals surface area contributed by atoms with Crippen molar-refractivity contribution in [2.24, 2.45) is 0 Å². The van der Waals surface area contributed by atoms with Crippen LogP contribution in [0.5, 0.6) is 0 Å². The summed E-state index contributed by atoms with van der Waals surface area (Å²) in [6.07, 6.45) is 1.43. The molecule has 4 aromatic rings. The lowest BCUT2D eigenvalue weighted by Gasteiger charge is -2.12. The molecule has 146 valence electrons. The Labute approximate surface area is 165 Å².